The molecule has 0 saturated heterocycles. The minimum absolute atomic E-state index is 0.0701. The predicted molar refractivity (Wildman–Crippen MR) is 162 cm³/mol. The smallest absolute Gasteiger partial charge is 0.0983 e. The average Bonchev–Trinajstić information content (AvgIpc) is 3.65. The van der Waals surface area contributed by atoms with E-state index in [1.54, 1.807) is 16.7 Å². The fourth-order valence-corrected chi connectivity index (χ4v) is 7.08. The summed E-state index contributed by atoms with van der Waals surface area (Å²) < 4.78 is 12.9. The van der Waals surface area contributed by atoms with Crippen molar-refractivity contribution in [2.45, 2.75) is 126 Å². The summed E-state index contributed by atoms with van der Waals surface area (Å²) in [5, 5.41) is 0. The van der Waals surface area contributed by atoms with E-state index in [2.05, 4.69) is 87.5 Å². The second-order valence-electron chi connectivity index (χ2n) is 13.2. The van der Waals surface area contributed by atoms with E-state index in [0.29, 0.717) is 24.5 Å². The Hall–Kier alpha value is -1.64. The SMILES string of the molecule is CCC(C)(CC)OC1C=C(COCC2=C(C)C(CC3=C4CC(=C3)C(C(C)(CC)CC)C4)C=C2C)C(C)=C1C. The van der Waals surface area contributed by atoms with Crippen LogP contribution in [0.2, 0.25) is 0 Å². The van der Waals surface area contributed by atoms with E-state index in [9.17, 15) is 0 Å². The lowest BCUT2D eigenvalue weighted by Gasteiger charge is -2.36. The maximum atomic E-state index is 6.54. The third kappa shape index (κ3) is 5.50. The quantitative estimate of drug-likeness (QED) is 0.241. The number of rotatable bonds is 13. The van der Waals surface area contributed by atoms with E-state index >= 15 is 0 Å². The first kappa shape index (κ1) is 29.3. The standard InChI is InChI=1S/C36H54O2/c1-11-35(9,12-2)33-19-29-18-30(33)17-28(29)16-27-15-23(5)32(26(27)8)22-37-21-31-20-34(25(7)24(31)6)38-36(10,13-3)14-4/h15,17,20,27,33-34H,11-14,16,18-19,21-22H2,1-10H3. The van der Waals surface area contributed by atoms with Gasteiger partial charge in [0.25, 0.3) is 0 Å². The molecule has 4 aliphatic carbocycles. The van der Waals surface area contributed by atoms with Gasteiger partial charge in [-0.2, -0.15) is 0 Å². The summed E-state index contributed by atoms with van der Waals surface area (Å²) in [5.41, 5.74) is 13.7. The van der Waals surface area contributed by atoms with Gasteiger partial charge in [-0.15, -0.1) is 0 Å². The molecule has 3 unspecified atom stereocenters. The van der Waals surface area contributed by atoms with Crippen LogP contribution in [0.15, 0.2) is 68.4 Å². The second kappa shape index (κ2) is 11.5. The molecule has 0 radical (unpaired) electrons. The van der Waals surface area contributed by atoms with E-state index < -0.39 is 0 Å². The van der Waals surface area contributed by atoms with Crippen molar-refractivity contribution in [3.63, 3.8) is 0 Å². The minimum Gasteiger partial charge on any atom is -0.372 e. The van der Waals surface area contributed by atoms with Crippen LogP contribution in [0.25, 0.3) is 0 Å². The summed E-state index contributed by atoms with van der Waals surface area (Å²) in [6.07, 6.45) is 15.8. The van der Waals surface area contributed by atoms with Gasteiger partial charge in [-0.25, -0.2) is 0 Å². The van der Waals surface area contributed by atoms with Crippen LogP contribution in [0.1, 0.15) is 114 Å². The van der Waals surface area contributed by atoms with Crippen molar-refractivity contribution in [1.29, 1.82) is 0 Å². The lowest BCUT2D eigenvalue weighted by molar-refractivity contribution is -0.0541. The van der Waals surface area contributed by atoms with Crippen LogP contribution >= 0.6 is 0 Å². The van der Waals surface area contributed by atoms with Crippen molar-refractivity contribution < 1.29 is 9.47 Å². The molecular formula is C36H54O2. The highest BCUT2D eigenvalue weighted by Crippen LogP contribution is 2.54. The van der Waals surface area contributed by atoms with Gasteiger partial charge in [0.05, 0.1) is 24.9 Å². The van der Waals surface area contributed by atoms with Gasteiger partial charge in [-0.3, -0.25) is 0 Å². The van der Waals surface area contributed by atoms with Crippen LogP contribution in [0.4, 0.5) is 0 Å². The number of allylic oxidation sites excluding steroid dienone is 6. The molecule has 3 atom stereocenters. The fraction of sp³-hybridized carbons (Fsp3) is 0.667. The fourth-order valence-electron chi connectivity index (χ4n) is 7.08. The molecule has 210 valence electrons. The van der Waals surface area contributed by atoms with Crippen LogP contribution in [-0.2, 0) is 9.47 Å². The van der Waals surface area contributed by atoms with E-state index in [0.717, 1.165) is 25.2 Å². The Bertz CT molecular complexity index is 1110. The van der Waals surface area contributed by atoms with E-state index in [4.69, 9.17) is 9.47 Å². The number of ether oxygens (including phenoxy) is 2. The normalized spacial score (nSPS) is 25.7. The monoisotopic (exact) mass is 518 g/mol. The third-order valence-corrected chi connectivity index (χ3v) is 11.2. The summed E-state index contributed by atoms with van der Waals surface area (Å²) in [5.74, 6) is 1.29. The molecule has 1 fully saturated rings. The van der Waals surface area contributed by atoms with Crippen molar-refractivity contribution in [1.82, 2.24) is 0 Å². The molecule has 2 nitrogen and oxygen atoms in total. The highest BCUT2D eigenvalue weighted by molar-refractivity contribution is 5.50. The van der Waals surface area contributed by atoms with E-state index in [1.165, 1.54) is 59.1 Å². The maximum Gasteiger partial charge on any atom is 0.0983 e. The number of hydrogen-bond acceptors (Lipinski definition) is 2. The van der Waals surface area contributed by atoms with Gasteiger partial charge >= 0.3 is 0 Å². The highest BCUT2D eigenvalue weighted by Gasteiger charge is 2.41. The molecule has 0 aromatic rings. The summed E-state index contributed by atoms with van der Waals surface area (Å²) in [6.45, 7) is 24.3. The molecule has 1 saturated carbocycles. The Morgan fingerprint density at radius 2 is 1.55 bits per heavy atom. The Labute approximate surface area is 234 Å². The average molecular weight is 519 g/mol. The summed E-state index contributed by atoms with van der Waals surface area (Å²) >= 11 is 0. The molecule has 4 rings (SSSR count). The van der Waals surface area contributed by atoms with Crippen LogP contribution in [0.3, 0.4) is 0 Å². The molecule has 0 N–H and O–H groups in total. The van der Waals surface area contributed by atoms with Gasteiger partial charge in [-0.05, 0) is 118 Å². The zero-order valence-corrected chi connectivity index (χ0v) is 26.1. The minimum atomic E-state index is -0.0701. The molecule has 2 bridgehead atoms. The number of hydrogen-bond donors (Lipinski definition) is 0. The first-order chi connectivity index (χ1) is 18.0. The molecule has 0 heterocycles. The van der Waals surface area contributed by atoms with Gasteiger partial charge in [0.1, 0.15) is 0 Å². The zero-order valence-electron chi connectivity index (χ0n) is 26.1. The Morgan fingerprint density at radius 3 is 2.13 bits per heavy atom. The molecule has 0 spiro atoms. The third-order valence-electron chi connectivity index (χ3n) is 11.2. The van der Waals surface area contributed by atoms with Crippen molar-refractivity contribution >= 4 is 0 Å². The molecule has 4 aliphatic rings. The molecule has 0 amide bonds. The maximum absolute atomic E-state index is 6.54. The Morgan fingerprint density at radius 1 is 0.868 bits per heavy atom. The van der Waals surface area contributed by atoms with E-state index in [1.807, 2.05) is 0 Å². The van der Waals surface area contributed by atoms with Gasteiger partial charge < -0.3 is 9.47 Å². The molecular weight excluding hydrogens is 464 g/mol. The van der Waals surface area contributed by atoms with Crippen molar-refractivity contribution in [3.8, 4) is 0 Å². The Kier molecular flexibility index (Phi) is 8.85. The lowest BCUT2D eigenvalue weighted by Crippen LogP contribution is -2.31. The van der Waals surface area contributed by atoms with Gasteiger partial charge in [0.2, 0.25) is 0 Å². The molecule has 0 aliphatic heterocycles. The highest BCUT2D eigenvalue weighted by atomic mass is 16.5. The second-order valence-corrected chi connectivity index (χ2v) is 13.2. The molecule has 0 aromatic carbocycles. The topological polar surface area (TPSA) is 18.5 Å². The summed E-state index contributed by atoms with van der Waals surface area (Å²) in [7, 11) is 0. The zero-order chi connectivity index (χ0) is 27.8. The van der Waals surface area contributed by atoms with Crippen LogP contribution in [-0.4, -0.2) is 24.9 Å². The van der Waals surface area contributed by atoms with Crippen LogP contribution in [0.5, 0.6) is 0 Å². The van der Waals surface area contributed by atoms with Crippen LogP contribution in [0, 0.1) is 17.3 Å². The molecule has 38 heavy (non-hydrogen) atoms. The summed E-state index contributed by atoms with van der Waals surface area (Å²) in [4.78, 5) is 0. The first-order valence-corrected chi connectivity index (χ1v) is 15.4. The van der Waals surface area contributed by atoms with Gasteiger partial charge in [-0.1, -0.05) is 76.3 Å². The van der Waals surface area contributed by atoms with E-state index in [-0.39, 0.29) is 11.7 Å². The van der Waals surface area contributed by atoms with Crippen molar-refractivity contribution in [2.75, 3.05) is 13.2 Å². The lowest BCUT2D eigenvalue weighted by atomic mass is 9.69. The largest absolute Gasteiger partial charge is 0.372 e. The summed E-state index contributed by atoms with van der Waals surface area (Å²) in [6, 6.07) is 0. The van der Waals surface area contributed by atoms with Crippen molar-refractivity contribution in [3.05, 3.63) is 68.4 Å². The van der Waals surface area contributed by atoms with Gasteiger partial charge in [0, 0.05) is 5.92 Å². The van der Waals surface area contributed by atoms with Gasteiger partial charge in [0.15, 0.2) is 0 Å². The predicted octanol–water partition coefficient (Wildman–Crippen LogP) is 10.00. The number of fused-ring (bicyclic) bond motifs is 2. The van der Waals surface area contributed by atoms with Crippen LogP contribution < -0.4 is 0 Å². The molecule has 2 heteroatoms. The molecule has 0 aromatic heterocycles. The van der Waals surface area contributed by atoms with Crippen molar-refractivity contribution in [2.24, 2.45) is 17.3 Å². The Balaban J connectivity index is 1.36. The first-order valence-electron chi connectivity index (χ1n) is 15.4.